The normalized spacial score (nSPS) is 14.7. The van der Waals surface area contributed by atoms with Crippen molar-refractivity contribution in [3.05, 3.63) is 59.7 Å². The van der Waals surface area contributed by atoms with Gasteiger partial charge in [-0.3, -0.25) is 0 Å². The van der Waals surface area contributed by atoms with Crippen molar-refractivity contribution in [1.29, 1.82) is 0 Å². The third-order valence-corrected chi connectivity index (χ3v) is 5.08. The fraction of sp³-hybridized carbons (Fsp3) is 0.600. The van der Waals surface area contributed by atoms with Crippen molar-refractivity contribution in [2.24, 2.45) is 5.73 Å². The Labute approximate surface area is 229 Å². The summed E-state index contributed by atoms with van der Waals surface area (Å²) in [7, 11) is 3.41. The second kappa shape index (κ2) is 20.7. The van der Waals surface area contributed by atoms with Crippen molar-refractivity contribution in [2.75, 3.05) is 53.8 Å². The number of methoxy groups -OCH3 is 2. The van der Waals surface area contributed by atoms with Gasteiger partial charge in [-0.15, -0.1) is 0 Å². The monoisotopic (exact) mass is 534 g/mol. The highest BCUT2D eigenvalue weighted by Gasteiger charge is 2.22. The first-order chi connectivity index (χ1) is 18.2. The van der Waals surface area contributed by atoms with Gasteiger partial charge in [0.05, 0.1) is 19.8 Å². The molecule has 4 N–H and O–H groups in total. The fourth-order valence-corrected chi connectivity index (χ4v) is 2.92. The van der Waals surface area contributed by atoms with E-state index in [-0.39, 0.29) is 0 Å². The number of aliphatic hydroxyl groups excluding tert-OH is 1. The maximum atomic E-state index is 9.73. The number of epoxide rings is 1. The zero-order chi connectivity index (χ0) is 28.2. The summed E-state index contributed by atoms with van der Waals surface area (Å²) < 4.78 is 26.2. The summed E-state index contributed by atoms with van der Waals surface area (Å²) in [5, 5.41) is 12.9. The van der Waals surface area contributed by atoms with Crippen LogP contribution in [-0.4, -0.2) is 83.2 Å². The van der Waals surface area contributed by atoms with E-state index in [1.54, 1.807) is 14.2 Å². The van der Waals surface area contributed by atoms with Crippen LogP contribution in [0.15, 0.2) is 48.5 Å². The smallest absolute Gasteiger partial charge is 0.119 e. The Morgan fingerprint density at radius 1 is 0.868 bits per heavy atom. The molecule has 2 aromatic rings. The van der Waals surface area contributed by atoms with Gasteiger partial charge in [0, 0.05) is 26.8 Å². The van der Waals surface area contributed by atoms with E-state index in [0.717, 1.165) is 44.2 Å². The maximum absolute atomic E-state index is 9.73. The fourth-order valence-electron chi connectivity index (χ4n) is 2.92. The molecule has 2 aromatic carbocycles. The molecular formula is C30H50N2O6. The highest BCUT2D eigenvalue weighted by molar-refractivity contribution is 5.28. The first-order valence-corrected chi connectivity index (χ1v) is 13.4. The first kappa shape index (κ1) is 33.8. The molecule has 0 saturated carbocycles. The summed E-state index contributed by atoms with van der Waals surface area (Å²) in [5.74, 6) is 1.69. The molecular weight excluding hydrogens is 484 g/mol. The van der Waals surface area contributed by atoms with Crippen LogP contribution < -0.4 is 20.5 Å². The third kappa shape index (κ3) is 19.0. The molecule has 8 nitrogen and oxygen atoms in total. The number of nitrogens with one attached hydrogen (secondary N) is 1. The van der Waals surface area contributed by atoms with Crippen molar-refractivity contribution in [3.8, 4) is 11.5 Å². The van der Waals surface area contributed by atoms with Crippen LogP contribution in [0, 0.1) is 0 Å². The van der Waals surface area contributed by atoms with E-state index in [4.69, 9.17) is 29.4 Å². The third-order valence-electron chi connectivity index (χ3n) is 5.08. The van der Waals surface area contributed by atoms with Crippen LogP contribution >= 0.6 is 0 Å². The van der Waals surface area contributed by atoms with E-state index < -0.39 is 6.10 Å². The van der Waals surface area contributed by atoms with Crippen LogP contribution in [0.25, 0.3) is 0 Å². The average Bonchev–Trinajstić information content (AvgIpc) is 3.73. The van der Waals surface area contributed by atoms with Crippen LogP contribution in [0.2, 0.25) is 0 Å². The summed E-state index contributed by atoms with van der Waals surface area (Å²) in [6.07, 6.45) is 1.67. The minimum Gasteiger partial charge on any atom is -0.491 e. The molecule has 1 aliphatic heterocycles. The van der Waals surface area contributed by atoms with Crippen LogP contribution in [0.5, 0.6) is 11.5 Å². The number of benzene rings is 2. The largest absolute Gasteiger partial charge is 0.491 e. The summed E-state index contributed by atoms with van der Waals surface area (Å²) in [4.78, 5) is 0. The molecule has 1 fully saturated rings. The molecule has 1 heterocycles. The maximum Gasteiger partial charge on any atom is 0.119 e. The summed E-state index contributed by atoms with van der Waals surface area (Å²) >= 11 is 0. The van der Waals surface area contributed by atoms with E-state index in [1.807, 2.05) is 64.1 Å². The molecule has 8 heteroatoms. The number of hydrogen-bond donors (Lipinski definition) is 3. The molecule has 0 bridgehead atoms. The molecule has 38 heavy (non-hydrogen) atoms. The molecule has 2 atom stereocenters. The van der Waals surface area contributed by atoms with Gasteiger partial charge in [-0.1, -0.05) is 52.0 Å². The number of ether oxygens (including phenoxy) is 5. The predicted molar refractivity (Wildman–Crippen MR) is 153 cm³/mol. The number of nitrogens with two attached hydrogens (primary N) is 1. The van der Waals surface area contributed by atoms with Gasteiger partial charge in [0.25, 0.3) is 0 Å². The number of aliphatic hydroxyl groups is 1. The van der Waals surface area contributed by atoms with Crippen molar-refractivity contribution in [3.63, 3.8) is 0 Å². The van der Waals surface area contributed by atoms with Crippen LogP contribution in [-0.2, 0) is 27.1 Å². The van der Waals surface area contributed by atoms with Gasteiger partial charge >= 0.3 is 0 Å². The van der Waals surface area contributed by atoms with Gasteiger partial charge < -0.3 is 39.8 Å². The molecule has 0 amide bonds. The van der Waals surface area contributed by atoms with Gasteiger partial charge in [0.2, 0.25) is 0 Å². The number of rotatable bonds is 15. The van der Waals surface area contributed by atoms with Crippen molar-refractivity contribution in [1.82, 2.24) is 5.32 Å². The Morgan fingerprint density at radius 3 is 1.71 bits per heavy atom. The Balaban J connectivity index is 0.000000339. The summed E-state index contributed by atoms with van der Waals surface area (Å²) in [5.41, 5.74) is 7.60. The van der Waals surface area contributed by atoms with Crippen molar-refractivity contribution < 1.29 is 28.8 Å². The molecule has 1 aliphatic rings. The van der Waals surface area contributed by atoms with Gasteiger partial charge in [-0.2, -0.15) is 0 Å². The van der Waals surface area contributed by atoms with E-state index in [0.29, 0.717) is 37.9 Å². The highest BCUT2D eigenvalue weighted by atomic mass is 16.6. The molecule has 2 unspecified atom stereocenters. The molecule has 0 aromatic heterocycles. The van der Waals surface area contributed by atoms with Crippen molar-refractivity contribution >= 4 is 0 Å². The highest BCUT2D eigenvalue weighted by Crippen LogP contribution is 2.16. The topological polar surface area (TPSA) is 108 Å². The predicted octanol–water partition coefficient (Wildman–Crippen LogP) is 3.62. The first-order valence-electron chi connectivity index (χ1n) is 13.4. The molecule has 0 spiro atoms. The lowest BCUT2D eigenvalue weighted by Crippen LogP contribution is -2.35. The van der Waals surface area contributed by atoms with E-state index in [9.17, 15) is 5.11 Å². The molecule has 0 aliphatic carbocycles. The van der Waals surface area contributed by atoms with Crippen LogP contribution in [0.1, 0.15) is 38.8 Å². The molecule has 0 radical (unpaired) electrons. The SMILES string of the molecule is CC(C)N.COCCc1ccc(OCC(O)CNC(C)C)cc1.COCCc1ccc(OCC2CO2)cc1. The van der Waals surface area contributed by atoms with Gasteiger partial charge in [-0.05, 0) is 54.3 Å². The average molecular weight is 535 g/mol. The van der Waals surface area contributed by atoms with Gasteiger partial charge in [0.15, 0.2) is 0 Å². The molecule has 3 rings (SSSR count). The van der Waals surface area contributed by atoms with Gasteiger partial charge in [-0.25, -0.2) is 0 Å². The molecule has 1 saturated heterocycles. The van der Waals surface area contributed by atoms with Crippen LogP contribution in [0.3, 0.4) is 0 Å². The van der Waals surface area contributed by atoms with Crippen LogP contribution in [0.4, 0.5) is 0 Å². The zero-order valence-electron chi connectivity index (χ0n) is 24.2. The quantitative estimate of drug-likeness (QED) is 0.298. The Hall–Kier alpha value is -2.20. The second-order valence-electron chi connectivity index (χ2n) is 9.81. The lowest BCUT2D eigenvalue weighted by Gasteiger charge is -2.15. The lowest BCUT2D eigenvalue weighted by molar-refractivity contribution is 0.104. The van der Waals surface area contributed by atoms with Crippen molar-refractivity contribution in [2.45, 2.75) is 64.8 Å². The number of hydrogen-bond acceptors (Lipinski definition) is 8. The minimum atomic E-state index is -0.490. The van der Waals surface area contributed by atoms with E-state index in [1.165, 1.54) is 11.1 Å². The Bertz CT molecular complexity index is 808. The molecule has 216 valence electrons. The van der Waals surface area contributed by atoms with E-state index >= 15 is 0 Å². The standard InChI is InChI=1S/C15H25NO3.C12H16O3.C3H9N/c1-12(2)16-10-14(17)11-19-15-6-4-13(5-7-15)8-9-18-3;1-13-7-6-10-2-4-11(5-3-10)14-8-12-9-15-12;1-3(2)4/h4-7,12,14,16-17H,8-11H2,1-3H3;2-5,12H,6-9H2,1H3;3H,4H2,1-2H3. The Kier molecular flexibility index (Phi) is 18.4. The van der Waals surface area contributed by atoms with Gasteiger partial charge in [0.1, 0.15) is 36.9 Å². The minimum absolute atomic E-state index is 0.303. The Morgan fingerprint density at radius 2 is 1.32 bits per heavy atom. The zero-order valence-corrected chi connectivity index (χ0v) is 24.2. The van der Waals surface area contributed by atoms with E-state index in [2.05, 4.69) is 17.4 Å². The lowest BCUT2D eigenvalue weighted by atomic mass is 10.1. The second-order valence-corrected chi connectivity index (χ2v) is 9.81. The summed E-state index contributed by atoms with van der Waals surface area (Å²) in [6, 6.07) is 16.7. The summed E-state index contributed by atoms with van der Waals surface area (Å²) in [6.45, 7) is 11.8.